The van der Waals surface area contributed by atoms with Gasteiger partial charge in [-0.1, -0.05) is 30.3 Å². The van der Waals surface area contributed by atoms with Crippen LogP contribution in [-0.4, -0.2) is 41.6 Å². The maximum absolute atomic E-state index is 13.3. The lowest BCUT2D eigenvalue weighted by molar-refractivity contribution is 0.0772. The lowest BCUT2D eigenvalue weighted by Gasteiger charge is -2.20. The first-order valence-electron chi connectivity index (χ1n) is 9.88. The van der Waals surface area contributed by atoms with Crippen LogP contribution in [-0.2, 0) is 0 Å². The van der Waals surface area contributed by atoms with Crippen LogP contribution in [0, 0.1) is 6.92 Å². The van der Waals surface area contributed by atoms with Crippen molar-refractivity contribution in [3.05, 3.63) is 70.0 Å². The number of likely N-dealkylation sites (tertiary alicyclic amines) is 1. The first-order valence-corrected chi connectivity index (χ1v) is 9.88. The van der Waals surface area contributed by atoms with Gasteiger partial charge in [0, 0.05) is 29.4 Å². The summed E-state index contributed by atoms with van der Waals surface area (Å²) in [5, 5.41) is 0.764. The second-order valence-corrected chi connectivity index (χ2v) is 7.16. The van der Waals surface area contributed by atoms with Crippen LogP contribution in [0.2, 0.25) is 0 Å². The molecule has 1 aliphatic heterocycles. The Balaban J connectivity index is 1.56. The van der Waals surface area contributed by atoms with Gasteiger partial charge in [-0.3, -0.25) is 9.59 Å². The third kappa shape index (κ3) is 3.70. The van der Waals surface area contributed by atoms with Crippen molar-refractivity contribution in [1.29, 1.82) is 0 Å². The fraction of sp³-hybridized carbons (Fsp3) is 0.304. The van der Waals surface area contributed by atoms with Gasteiger partial charge in [0.05, 0.1) is 18.7 Å². The lowest BCUT2D eigenvalue weighted by atomic mass is 10.0. The summed E-state index contributed by atoms with van der Waals surface area (Å²) in [5.41, 5.74) is 1.35. The van der Waals surface area contributed by atoms with E-state index < -0.39 is 0 Å². The van der Waals surface area contributed by atoms with Gasteiger partial charge in [-0.2, -0.15) is 0 Å². The number of hydrogen-bond donors (Lipinski definition) is 1. The fourth-order valence-corrected chi connectivity index (χ4v) is 3.79. The van der Waals surface area contributed by atoms with Crippen LogP contribution in [0.1, 0.15) is 29.3 Å². The van der Waals surface area contributed by atoms with Gasteiger partial charge in [-0.25, -0.2) is 0 Å². The van der Waals surface area contributed by atoms with Gasteiger partial charge < -0.3 is 19.4 Å². The van der Waals surface area contributed by atoms with Crippen molar-refractivity contribution in [3.63, 3.8) is 0 Å². The van der Waals surface area contributed by atoms with Crippen molar-refractivity contribution in [2.24, 2.45) is 0 Å². The normalized spacial score (nSPS) is 16.2. The maximum Gasteiger partial charge on any atom is 0.255 e. The van der Waals surface area contributed by atoms with E-state index in [1.807, 2.05) is 55.5 Å². The number of carbonyl (C=O) groups is 1. The molecule has 3 aromatic rings. The van der Waals surface area contributed by atoms with Gasteiger partial charge in [-0.05, 0) is 32.0 Å². The van der Waals surface area contributed by atoms with E-state index in [1.54, 1.807) is 11.8 Å². The summed E-state index contributed by atoms with van der Waals surface area (Å²) in [4.78, 5) is 30.2. The minimum Gasteiger partial charge on any atom is -0.490 e. The highest BCUT2D eigenvalue weighted by Gasteiger charge is 2.31. The Bertz CT molecular complexity index is 1110. The van der Waals surface area contributed by atoms with Gasteiger partial charge in [0.2, 0.25) is 0 Å². The van der Waals surface area contributed by atoms with Crippen LogP contribution in [0.15, 0.2) is 53.3 Å². The number of H-pyrrole nitrogens is 1. The topological polar surface area (TPSA) is 71.6 Å². The summed E-state index contributed by atoms with van der Waals surface area (Å²) in [5.74, 6) is 1.26. The van der Waals surface area contributed by atoms with Crippen molar-refractivity contribution < 1.29 is 14.3 Å². The molecule has 2 heterocycles. The molecule has 29 heavy (non-hydrogen) atoms. The van der Waals surface area contributed by atoms with Gasteiger partial charge in [0.15, 0.2) is 11.5 Å². The van der Waals surface area contributed by atoms with Gasteiger partial charge in [-0.15, -0.1) is 0 Å². The van der Waals surface area contributed by atoms with Gasteiger partial charge >= 0.3 is 0 Å². The van der Waals surface area contributed by atoms with E-state index in [0.29, 0.717) is 47.8 Å². The third-order valence-electron chi connectivity index (χ3n) is 5.25. The summed E-state index contributed by atoms with van der Waals surface area (Å²) >= 11 is 0. The molecule has 0 spiro atoms. The van der Waals surface area contributed by atoms with Crippen LogP contribution in [0.25, 0.3) is 10.9 Å². The summed E-state index contributed by atoms with van der Waals surface area (Å²) < 4.78 is 11.8. The number of nitrogens with zero attached hydrogens (tertiary/aromatic N) is 1. The van der Waals surface area contributed by atoms with E-state index in [2.05, 4.69) is 4.98 Å². The number of hydrogen-bond acceptors (Lipinski definition) is 4. The molecule has 1 unspecified atom stereocenters. The van der Waals surface area contributed by atoms with Crippen LogP contribution < -0.4 is 15.0 Å². The number of pyridine rings is 1. The highest BCUT2D eigenvalue weighted by molar-refractivity contribution is 6.07. The van der Waals surface area contributed by atoms with Crippen LogP contribution >= 0.6 is 0 Å². The molecule has 150 valence electrons. The van der Waals surface area contributed by atoms with Crippen LogP contribution in [0.5, 0.6) is 11.5 Å². The Morgan fingerprint density at radius 1 is 1.14 bits per heavy atom. The first-order chi connectivity index (χ1) is 14.1. The SMILES string of the molecule is CCOc1ccccc1OC1CCN(C(=O)c2c(C)c(=O)[nH]c3ccccc23)C1. The summed E-state index contributed by atoms with van der Waals surface area (Å²) in [6, 6.07) is 15.0. The Morgan fingerprint density at radius 2 is 1.86 bits per heavy atom. The highest BCUT2D eigenvalue weighted by Crippen LogP contribution is 2.30. The third-order valence-corrected chi connectivity index (χ3v) is 5.25. The van der Waals surface area contributed by atoms with Crippen LogP contribution in [0.3, 0.4) is 0 Å². The molecule has 4 rings (SSSR count). The molecule has 6 heteroatoms. The summed E-state index contributed by atoms with van der Waals surface area (Å²) in [6.45, 7) is 5.24. The fourth-order valence-electron chi connectivity index (χ4n) is 3.79. The van der Waals surface area contributed by atoms with E-state index >= 15 is 0 Å². The molecule has 1 saturated heterocycles. The van der Waals surface area contributed by atoms with Crippen LogP contribution in [0.4, 0.5) is 0 Å². The molecule has 6 nitrogen and oxygen atoms in total. The quantitative estimate of drug-likeness (QED) is 0.721. The zero-order valence-corrected chi connectivity index (χ0v) is 16.6. The van der Waals surface area contributed by atoms with Crippen molar-refractivity contribution in [2.45, 2.75) is 26.4 Å². The molecule has 1 aromatic heterocycles. The van der Waals surface area contributed by atoms with Gasteiger partial charge in [0.25, 0.3) is 11.5 Å². The smallest absolute Gasteiger partial charge is 0.255 e. The second kappa shape index (κ2) is 7.99. The van der Waals surface area contributed by atoms with Crippen molar-refractivity contribution in [2.75, 3.05) is 19.7 Å². The predicted molar refractivity (Wildman–Crippen MR) is 112 cm³/mol. The monoisotopic (exact) mass is 392 g/mol. The zero-order chi connectivity index (χ0) is 20.4. The Hall–Kier alpha value is -3.28. The minimum absolute atomic E-state index is 0.117. The number of nitrogens with one attached hydrogen (secondary N) is 1. The van der Waals surface area contributed by atoms with Gasteiger partial charge in [0.1, 0.15) is 6.10 Å². The molecule has 1 aliphatic rings. The lowest BCUT2D eigenvalue weighted by Crippen LogP contribution is -2.33. The predicted octanol–water partition coefficient (Wildman–Crippen LogP) is 3.53. The number of aromatic amines is 1. The van der Waals surface area contributed by atoms with E-state index in [4.69, 9.17) is 9.47 Å². The highest BCUT2D eigenvalue weighted by atomic mass is 16.5. The Morgan fingerprint density at radius 3 is 2.66 bits per heavy atom. The number of rotatable bonds is 5. The largest absolute Gasteiger partial charge is 0.490 e. The van der Waals surface area contributed by atoms with Crippen molar-refractivity contribution in [1.82, 2.24) is 9.88 Å². The second-order valence-electron chi connectivity index (χ2n) is 7.16. The van der Waals surface area contributed by atoms with Crippen molar-refractivity contribution in [3.8, 4) is 11.5 Å². The molecule has 2 aromatic carbocycles. The standard InChI is InChI=1S/C23H24N2O4/c1-3-28-19-10-6-7-11-20(19)29-16-12-13-25(14-16)23(27)21-15(2)22(26)24-18-9-5-4-8-17(18)21/h4-11,16H,3,12-14H2,1-2H3,(H,24,26). The number of ether oxygens (including phenoxy) is 2. The summed E-state index contributed by atoms with van der Waals surface area (Å²) in [6.07, 6.45) is 0.612. The van der Waals surface area contributed by atoms with E-state index in [-0.39, 0.29) is 17.6 Å². The number of para-hydroxylation sites is 3. The molecule has 0 radical (unpaired) electrons. The summed E-state index contributed by atoms with van der Waals surface area (Å²) in [7, 11) is 0. The first kappa shape index (κ1) is 19.1. The number of amides is 1. The molecule has 1 fully saturated rings. The average molecular weight is 392 g/mol. The average Bonchev–Trinajstić information content (AvgIpc) is 3.19. The number of benzene rings is 2. The molecule has 1 atom stereocenters. The molecular formula is C23H24N2O4. The van der Waals surface area contributed by atoms with Crippen molar-refractivity contribution >= 4 is 16.8 Å². The number of fused-ring (bicyclic) bond motifs is 1. The Kier molecular flexibility index (Phi) is 5.25. The van der Waals surface area contributed by atoms with E-state index in [1.165, 1.54) is 0 Å². The minimum atomic E-state index is -0.232. The van der Waals surface area contributed by atoms with E-state index in [9.17, 15) is 9.59 Å². The maximum atomic E-state index is 13.3. The number of carbonyl (C=O) groups excluding carboxylic acids is 1. The molecule has 0 bridgehead atoms. The van der Waals surface area contributed by atoms with E-state index in [0.717, 1.165) is 11.8 Å². The molecule has 1 N–H and O–H groups in total. The molecular weight excluding hydrogens is 368 g/mol. The Labute approximate surface area is 169 Å². The molecule has 0 saturated carbocycles. The zero-order valence-electron chi connectivity index (χ0n) is 16.6. The molecule has 1 amide bonds. The molecule has 0 aliphatic carbocycles. The number of aromatic nitrogens is 1.